The Labute approximate surface area is 119 Å². The van der Waals surface area contributed by atoms with E-state index in [0.717, 1.165) is 25.9 Å². The van der Waals surface area contributed by atoms with Gasteiger partial charge in [-0.1, -0.05) is 11.6 Å². The van der Waals surface area contributed by atoms with Gasteiger partial charge in [-0.05, 0) is 38.9 Å². The topological polar surface area (TPSA) is 36.4 Å². The summed E-state index contributed by atoms with van der Waals surface area (Å²) in [5.41, 5.74) is 0.219. The zero-order valence-corrected chi connectivity index (χ0v) is 12.4. The average Bonchev–Trinajstić information content (AvgIpc) is 2.41. The number of nitrogens with zero attached hydrogens (tertiary/aromatic N) is 3. The van der Waals surface area contributed by atoms with E-state index < -0.39 is 0 Å². The van der Waals surface area contributed by atoms with Crippen LogP contribution < -0.4 is 0 Å². The number of carbonyl (C=O) groups excluding carboxylic acids is 1. The average molecular weight is 282 g/mol. The molecule has 1 aliphatic rings. The van der Waals surface area contributed by atoms with Crippen molar-refractivity contribution in [3.8, 4) is 0 Å². The summed E-state index contributed by atoms with van der Waals surface area (Å²) in [6, 6.07) is 3.43. The minimum atomic E-state index is -0.121. The van der Waals surface area contributed by atoms with Crippen LogP contribution in [0.25, 0.3) is 0 Å². The maximum Gasteiger partial charge on any atom is 0.274 e. The molecule has 0 aromatic carbocycles. The highest BCUT2D eigenvalue weighted by atomic mass is 35.5. The van der Waals surface area contributed by atoms with Gasteiger partial charge in [0.05, 0.1) is 5.02 Å². The van der Waals surface area contributed by atoms with E-state index in [1.54, 1.807) is 23.2 Å². The first-order valence-corrected chi connectivity index (χ1v) is 6.89. The van der Waals surface area contributed by atoms with Crippen molar-refractivity contribution in [3.05, 3.63) is 29.0 Å². The molecule has 2 heterocycles. The molecule has 104 valence electrons. The minimum absolute atomic E-state index is 0.0994. The van der Waals surface area contributed by atoms with Gasteiger partial charge >= 0.3 is 0 Å². The van der Waals surface area contributed by atoms with Gasteiger partial charge in [-0.2, -0.15) is 0 Å². The van der Waals surface area contributed by atoms with E-state index in [1.165, 1.54) is 0 Å². The van der Waals surface area contributed by atoms with Crippen molar-refractivity contribution in [2.24, 2.45) is 0 Å². The maximum atomic E-state index is 12.5. The molecule has 0 saturated carbocycles. The van der Waals surface area contributed by atoms with Crippen molar-refractivity contribution in [1.29, 1.82) is 0 Å². The van der Waals surface area contributed by atoms with Gasteiger partial charge in [0.25, 0.3) is 5.91 Å². The Morgan fingerprint density at radius 1 is 1.47 bits per heavy atom. The maximum absolute atomic E-state index is 12.5. The molecule has 19 heavy (non-hydrogen) atoms. The first-order chi connectivity index (χ1) is 8.94. The number of halogens is 1. The summed E-state index contributed by atoms with van der Waals surface area (Å²) in [6.07, 6.45) is 3.54. The Bertz CT molecular complexity index is 470. The summed E-state index contributed by atoms with van der Waals surface area (Å²) in [5, 5.41) is 0.413. The molecular formula is C14H20ClN3O. The summed E-state index contributed by atoms with van der Waals surface area (Å²) in [7, 11) is 3.95. The van der Waals surface area contributed by atoms with E-state index in [4.69, 9.17) is 11.6 Å². The standard InChI is InChI=1S/C14H20ClN3O/c1-14(6-9-17(2)10-7-14)18(3)13(19)12-11(15)5-4-8-16-12/h4-5,8H,6-7,9-10H2,1-3H3. The number of carbonyl (C=O) groups is 1. The van der Waals surface area contributed by atoms with Crippen LogP contribution in [0.4, 0.5) is 0 Å². The summed E-state index contributed by atoms with van der Waals surface area (Å²) >= 11 is 6.05. The van der Waals surface area contributed by atoms with Crippen LogP contribution in [-0.4, -0.2) is 53.4 Å². The molecule has 2 rings (SSSR count). The van der Waals surface area contributed by atoms with Crippen molar-refractivity contribution in [2.45, 2.75) is 25.3 Å². The Morgan fingerprint density at radius 2 is 2.11 bits per heavy atom. The van der Waals surface area contributed by atoms with Gasteiger partial charge < -0.3 is 9.80 Å². The summed E-state index contributed by atoms with van der Waals surface area (Å²) < 4.78 is 0. The third-order valence-corrected chi connectivity index (χ3v) is 4.44. The molecule has 1 saturated heterocycles. The summed E-state index contributed by atoms with van der Waals surface area (Å²) in [5.74, 6) is -0.0994. The quantitative estimate of drug-likeness (QED) is 0.835. The summed E-state index contributed by atoms with van der Waals surface area (Å²) in [6.45, 7) is 4.14. The van der Waals surface area contributed by atoms with E-state index in [0.29, 0.717) is 10.7 Å². The first-order valence-electron chi connectivity index (χ1n) is 6.51. The fourth-order valence-electron chi connectivity index (χ4n) is 2.38. The highest BCUT2D eigenvalue weighted by Crippen LogP contribution is 2.28. The predicted octanol–water partition coefficient (Wildman–Crippen LogP) is 2.29. The van der Waals surface area contributed by atoms with Crippen LogP contribution in [0.15, 0.2) is 18.3 Å². The van der Waals surface area contributed by atoms with Gasteiger partial charge in [0.1, 0.15) is 5.69 Å². The van der Waals surface area contributed by atoms with Crippen LogP contribution >= 0.6 is 11.6 Å². The Hall–Kier alpha value is -1.13. The molecule has 5 heteroatoms. The number of hydrogen-bond acceptors (Lipinski definition) is 3. The molecule has 4 nitrogen and oxygen atoms in total. The zero-order valence-electron chi connectivity index (χ0n) is 11.7. The molecule has 0 atom stereocenters. The largest absolute Gasteiger partial charge is 0.335 e. The van der Waals surface area contributed by atoms with Crippen LogP contribution in [0.5, 0.6) is 0 Å². The Balaban J connectivity index is 2.17. The van der Waals surface area contributed by atoms with E-state index in [2.05, 4.69) is 23.9 Å². The third kappa shape index (κ3) is 2.90. The first kappa shape index (κ1) is 14.3. The lowest BCUT2D eigenvalue weighted by Crippen LogP contribution is -2.53. The van der Waals surface area contributed by atoms with Crippen LogP contribution in [0.2, 0.25) is 5.02 Å². The molecule has 1 aromatic heterocycles. The smallest absolute Gasteiger partial charge is 0.274 e. The highest BCUT2D eigenvalue weighted by Gasteiger charge is 2.36. The van der Waals surface area contributed by atoms with E-state index in [1.807, 2.05) is 7.05 Å². The number of amides is 1. The van der Waals surface area contributed by atoms with Crippen molar-refractivity contribution >= 4 is 17.5 Å². The monoisotopic (exact) mass is 281 g/mol. The molecule has 1 aliphatic heterocycles. The van der Waals surface area contributed by atoms with Crippen molar-refractivity contribution in [2.75, 3.05) is 27.2 Å². The Kier molecular flexibility index (Phi) is 4.11. The normalized spacial score (nSPS) is 19.2. The second kappa shape index (κ2) is 5.47. The lowest BCUT2D eigenvalue weighted by molar-refractivity contribution is 0.0403. The van der Waals surface area contributed by atoms with Gasteiger partial charge in [-0.25, -0.2) is 4.98 Å². The number of pyridine rings is 1. The molecule has 1 fully saturated rings. The molecule has 0 N–H and O–H groups in total. The number of rotatable bonds is 2. The molecule has 1 aromatic rings. The van der Waals surface area contributed by atoms with Crippen LogP contribution in [0, 0.1) is 0 Å². The van der Waals surface area contributed by atoms with Gasteiger partial charge in [-0.3, -0.25) is 4.79 Å². The van der Waals surface area contributed by atoms with Gasteiger partial charge in [0.2, 0.25) is 0 Å². The SMILES string of the molecule is CN1CCC(C)(N(C)C(=O)c2ncccc2Cl)CC1. The molecular weight excluding hydrogens is 262 g/mol. The molecule has 1 amide bonds. The number of aromatic nitrogens is 1. The second-order valence-electron chi connectivity index (χ2n) is 5.50. The number of likely N-dealkylation sites (tertiary alicyclic amines) is 1. The lowest BCUT2D eigenvalue weighted by Gasteiger charge is -2.44. The number of hydrogen-bond donors (Lipinski definition) is 0. The minimum Gasteiger partial charge on any atom is -0.335 e. The molecule has 0 radical (unpaired) electrons. The van der Waals surface area contributed by atoms with Crippen molar-refractivity contribution in [1.82, 2.24) is 14.8 Å². The number of piperidine rings is 1. The Morgan fingerprint density at radius 3 is 2.68 bits per heavy atom. The lowest BCUT2D eigenvalue weighted by atomic mass is 9.88. The highest BCUT2D eigenvalue weighted by molar-refractivity contribution is 6.33. The summed E-state index contributed by atoms with van der Waals surface area (Å²) in [4.78, 5) is 20.7. The fraction of sp³-hybridized carbons (Fsp3) is 0.571. The third-order valence-electron chi connectivity index (χ3n) is 4.14. The van der Waals surface area contributed by atoms with Crippen LogP contribution in [-0.2, 0) is 0 Å². The van der Waals surface area contributed by atoms with E-state index in [-0.39, 0.29) is 11.4 Å². The molecule has 0 aliphatic carbocycles. The van der Waals surface area contributed by atoms with Crippen molar-refractivity contribution < 1.29 is 4.79 Å². The van der Waals surface area contributed by atoms with E-state index in [9.17, 15) is 4.79 Å². The fourth-order valence-corrected chi connectivity index (χ4v) is 2.59. The van der Waals surface area contributed by atoms with E-state index >= 15 is 0 Å². The van der Waals surface area contributed by atoms with Crippen LogP contribution in [0.1, 0.15) is 30.3 Å². The molecule has 0 bridgehead atoms. The second-order valence-corrected chi connectivity index (χ2v) is 5.91. The molecule has 0 unspecified atom stereocenters. The zero-order chi connectivity index (χ0) is 14.0. The van der Waals surface area contributed by atoms with Crippen LogP contribution in [0.3, 0.4) is 0 Å². The van der Waals surface area contributed by atoms with Crippen molar-refractivity contribution in [3.63, 3.8) is 0 Å². The van der Waals surface area contributed by atoms with Gasteiger partial charge in [0.15, 0.2) is 0 Å². The molecule has 0 spiro atoms. The predicted molar refractivity (Wildman–Crippen MR) is 76.5 cm³/mol. The van der Waals surface area contributed by atoms with Gasteiger partial charge in [0, 0.05) is 31.9 Å². The van der Waals surface area contributed by atoms with Gasteiger partial charge in [-0.15, -0.1) is 0 Å².